The molecule has 17 heavy (non-hydrogen) atoms. The van der Waals surface area contributed by atoms with Crippen LogP contribution < -0.4 is 0 Å². The lowest BCUT2D eigenvalue weighted by Gasteiger charge is -2.10. The molecule has 0 aliphatic heterocycles. The molecule has 2 heteroatoms. The van der Waals surface area contributed by atoms with Crippen molar-refractivity contribution in [3.63, 3.8) is 0 Å². The number of aromatic hydroxyl groups is 1. The molecule has 1 N–H and O–H groups in total. The molecule has 0 unspecified atom stereocenters. The smallest absolute Gasteiger partial charge is 0.123 e. The van der Waals surface area contributed by atoms with Gasteiger partial charge in [-0.05, 0) is 41.3 Å². The Kier molecular flexibility index (Phi) is 3.14. The van der Waals surface area contributed by atoms with E-state index in [1.807, 2.05) is 12.1 Å². The first-order chi connectivity index (χ1) is 8.08. The van der Waals surface area contributed by atoms with Crippen LogP contribution in [0.25, 0.3) is 11.1 Å². The monoisotopic (exact) mass is 230 g/mol. The van der Waals surface area contributed by atoms with Gasteiger partial charge < -0.3 is 5.11 Å². The zero-order valence-electron chi connectivity index (χ0n) is 9.94. The van der Waals surface area contributed by atoms with Crippen LogP contribution in [0.4, 0.5) is 4.39 Å². The van der Waals surface area contributed by atoms with E-state index in [1.165, 1.54) is 12.1 Å². The quantitative estimate of drug-likeness (QED) is 0.814. The van der Waals surface area contributed by atoms with Gasteiger partial charge in [0.05, 0.1) is 0 Å². The van der Waals surface area contributed by atoms with Gasteiger partial charge in [0.25, 0.3) is 0 Å². The predicted octanol–water partition coefficient (Wildman–Crippen LogP) is 4.32. The van der Waals surface area contributed by atoms with Gasteiger partial charge >= 0.3 is 0 Å². The zero-order chi connectivity index (χ0) is 12.4. The largest absolute Gasteiger partial charge is 0.507 e. The average Bonchev–Trinajstić information content (AvgIpc) is 2.31. The highest BCUT2D eigenvalue weighted by Gasteiger charge is 2.07. The van der Waals surface area contributed by atoms with Crippen molar-refractivity contribution < 1.29 is 9.50 Å². The highest BCUT2D eigenvalue weighted by molar-refractivity contribution is 5.70. The van der Waals surface area contributed by atoms with Gasteiger partial charge in [0.15, 0.2) is 0 Å². The van der Waals surface area contributed by atoms with Crippen molar-refractivity contribution in [2.75, 3.05) is 0 Å². The van der Waals surface area contributed by atoms with Crippen molar-refractivity contribution in [3.8, 4) is 16.9 Å². The van der Waals surface area contributed by atoms with Crippen molar-refractivity contribution in [1.82, 2.24) is 0 Å². The number of hydrogen-bond donors (Lipinski definition) is 1. The molecular weight excluding hydrogens is 215 g/mol. The van der Waals surface area contributed by atoms with Crippen LogP contribution in [0.5, 0.6) is 5.75 Å². The Morgan fingerprint density at radius 1 is 1.00 bits per heavy atom. The van der Waals surface area contributed by atoms with Gasteiger partial charge in [-0.2, -0.15) is 0 Å². The summed E-state index contributed by atoms with van der Waals surface area (Å²) >= 11 is 0. The first kappa shape index (κ1) is 11.6. The maximum absolute atomic E-state index is 12.8. The van der Waals surface area contributed by atoms with Crippen molar-refractivity contribution in [2.24, 2.45) is 0 Å². The van der Waals surface area contributed by atoms with Crippen LogP contribution in [0.15, 0.2) is 42.5 Å². The standard InChI is InChI=1S/C15H15FO/c1-10(2)12-5-8-15(17)14(9-12)11-3-6-13(16)7-4-11/h3-10,17H,1-2H3. The van der Waals surface area contributed by atoms with Crippen LogP contribution in [0.3, 0.4) is 0 Å². The van der Waals surface area contributed by atoms with Crippen molar-refractivity contribution in [1.29, 1.82) is 0 Å². The molecule has 0 aliphatic carbocycles. The highest BCUT2D eigenvalue weighted by atomic mass is 19.1. The van der Waals surface area contributed by atoms with Gasteiger partial charge in [-0.1, -0.05) is 32.0 Å². The van der Waals surface area contributed by atoms with E-state index in [1.54, 1.807) is 18.2 Å². The van der Waals surface area contributed by atoms with Gasteiger partial charge in [0, 0.05) is 5.56 Å². The lowest BCUT2D eigenvalue weighted by molar-refractivity contribution is 0.477. The molecule has 0 heterocycles. The molecule has 88 valence electrons. The number of benzene rings is 2. The normalized spacial score (nSPS) is 10.8. The topological polar surface area (TPSA) is 20.2 Å². The molecule has 0 aromatic heterocycles. The molecule has 0 atom stereocenters. The molecular formula is C15H15FO. The molecule has 0 spiro atoms. The fourth-order valence-corrected chi connectivity index (χ4v) is 1.77. The van der Waals surface area contributed by atoms with E-state index in [9.17, 15) is 9.50 Å². The SMILES string of the molecule is CC(C)c1ccc(O)c(-c2ccc(F)cc2)c1. The highest BCUT2D eigenvalue weighted by Crippen LogP contribution is 2.32. The second-order valence-corrected chi connectivity index (χ2v) is 4.44. The molecule has 2 aromatic rings. The summed E-state index contributed by atoms with van der Waals surface area (Å²) in [5.74, 6) is 0.351. The van der Waals surface area contributed by atoms with Gasteiger partial charge in [-0.25, -0.2) is 4.39 Å². The van der Waals surface area contributed by atoms with Crippen LogP contribution in [-0.2, 0) is 0 Å². The lowest BCUT2D eigenvalue weighted by Crippen LogP contribution is -1.88. The maximum Gasteiger partial charge on any atom is 0.123 e. The summed E-state index contributed by atoms with van der Waals surface area (Å²) in [6.07, 6.45) is 0. The van der Waals surface area contributed by atoms with Crippen LogP contribution in [-0.4, -0.2) is 5.11 Å². The van der Waals surface area contributed by atoms with Gasteiger partial charge in [0.2, 0.25) is 0 Å². The van der Waals surface area contributed by atoms with E-state index in [2.05, 4.69) is 13.8 Å². The van der Waals surface area contributed by atoms with Crippen LogP contribution in [0.1, 0.15) is 25.3 Å². The summed E-state index contributed by atoms with van der Waals surface area (Å²) in [5.41, 5.74) is 2.73. The molecule has 0 bridgehead atoms. The van der Waals surface area contributed by atoms with E-state index >= 15 is 0 Å². The minimum Gasteiger partial charge on any atom is -0.507 e. The van der Waals surface area contributed by atoms with E-state index in [0.29, 0.717) is 5.92 Å². The lowest BCUT2D eigenvalue weighted by atomic mass is 9.96. The fraction of sp³-hybridized carbons (Fsp3) is 0.200. The third kappa shape index (κ3) is 2.47. The minimum absolute atomic E-state index is 0.223. The number of rotatable bonds is 2. The van der Waals surface area contributed by atoms with Gasteiger partial charge in [-0.15, -0.1) is 0 Å². The third-order valence-corrected chi connectivity index (χ3v) is 2.84. The maximum atomic E-state index is 12.8. The molecule has 0 amide bonds. The predicted molar refractivity (Wildman–Crippen MR) is 67.6 cm³/mol. The fourth-order valence-electron chi connectivity index (χ4n) is 1.77. The van der Waals surface area contributed by atoms with Crippen LogP contribution in [0, 0.1) is 5.82 Å². The van der Waals surface area contributed by atoms with E-state index in [4.69, 9.17) is 0 Å². The Labute approximate surface area is 101 Å². The summed E-state index contributed by atoms with van der Waals surface area (Å²) in [4.78, 5) is 0. The van der Waals surface area contributed by atoms with E-state index < -0.39 is 0 Å². The molecule has 2 rings (SSSR count). The summed E-state index contributed by atoms with van der Waals surface area (Å²) in [7, 11) is 0. The number of phenolic OH excluding ortho intramolecular Hbond substituents is 1. The second kappa shape index (κ2) is 4.58. The molecule has 1 nitrogen and oxygen atoms in total. The van der Waals surface area contributed by atoms with Crippen molar-refractivity contribution in [3.05, 3.63) is 53.8 Å². The number of halogens is 1. The molecule has 2 aromatic carbocycles. The Morgan fingerprint density at radius 2 is 1.65 bits per heavy atom. The summed E-state index contributed by atoms with van der Waals surface area (Å²) in [6, 6.07) is 11.7. The Morgan fingerprint density at radius 3 is 2.24 bits per heavy atom. The first-order valence-electron chi connectivity index (χ1n) is 5.67. The van der Waals surface area contributed by atoms with E-state index in [0.717, 1.165) is 16.7 Å². The molecule has 0 radical (unpaired) electrons. The molecule has 0 saturated heterocycles. The van der Waals surface area contributed by atoms with Crippen LogP contribution in [0.2, 0.25) is 0 Å². The minimum atomic E-state index is -0.270. The summed E-state index contributed by atoms with van der Waals surface area (Å²) in [6.45, 7) is 4.20. The molecule has 0 fully saturated rings. The summed E-state index contributed by atoms with van der Waals surface area (Å²) < 4.78 is 12.8. The van der Waals surface area contributed by atoms with Crippen molar-refractivity contribution in [2.45, 2.75) is 19.8 Å². The van der Waals surface area contributed by atoms with Gasteiger partial charge in [-0.3, -0.25) is 0 Å². The van der Waals surface area contributed by atoms with Crippen LogP contribution >= 0.6 is 0 Å². The Balaban J connectivity index is 2.50. The van der Waals surface area contributed by atoms with Gasteiger partial charge in [0.1, 0.15) is 11.6 Å². The number of phenols is 1. The zero-order valence-corrected chi connectivity index (χ0v) is 9.94. The van der Waals surface area contributed by atoms with E-state index in [-0.39, 0.29) is 11.6 Å². The summed E-state index contributed by atoms with van der Waals surface area (Å²) in [5, 5.41) is 9.85. The Bertz CT molecular complexity index is 515. The third-order valence-electron chi connectivity index (χ3n) is 2.84. The molecule has 0 saturated carbocycles. The second-order valence-electron chi connectivity index (χ2n) is 4.44. The number of hydrogen-bond acceptors (Lipinski definition) is 1. The average molecular weight is 230 g/mol. The van der Waals surface area contributed by atoms with Crippen molar-refractivity contribution >= 4 is 0 Å². The Hall–Kier alpha value is -1.83. The first-order valence-corrected chi connectivity index (χ1v) is 5.67. The molecule has 0 aliphatic rings.